The fourth-order valence-electron chi connectivity index (χ4n) is 8.00. The number of pyridine rings is 2. The molecule has 2 aliphatic rings. The Labute approximate surface area is 384 Å². The van der Waals surface area contributed by atoms with Crippen LogP contribution in [-0.4, -0.2) is 88.3 Å². The number of aryl methyl sites for hydroxylation is 1. The minimum Gasteiger partial charge on any atom is -0.458 e. The number of alkyl carbamates (subject to hydrolysis) is 1. The van der Waals surface area contributed by atoms with Crippen molar-refractivity contribution in [2.45, 2.75) is 97.7 Å². The summed E-state index contributed by atoms with van der Waals surface area (Å²) in [6, 6.07) is 10.5. The van der Waals surface area contributed by atoms with E-state index in [-0.39, 0.29) is 80.6 Å². The molecule has 6 rings (SSSR count). The second kappa shape index (κ2) is 21.2. The zero-order valence-electron chi connectivity index (χ0n) is 37.8. The summed E-state index contributed by atoms with van der Waals surface area (Å²) in [6.45, 7) is 8.52. The molecule has 1 unspecified atom stereocenters. The summed E-state index contributed by atoms with van der Waals surface area (Å²) in [5.74, 6) is -2.28. The van der Waals surface area contributed by atoms with Gasteiger partial charge in [0.2, 0.25) is 17.7 Å². The molecule has 0 fully saturated rings. The topological polar surface area (TPSA) is 300 Å². The molecule has 0 radical (unpaired) electrons. The van der Waals surface area contributed by atoms with Crippen molar-refractivity contribution in [2.75, 3.05) is 25.0 Å². The van der Waals surface area contributed by atoms with Gasteiger partial charge in [0.1, 0.15) is 31.0 Å². The number of primary amides is 1. The highest BCUT2D eigenvalue weighted by Crippen LogP contribution is 2.40. The molecule has 0 saturated carbocycles. The van der Waals surface area contributed by atoms with Crippen LogP contribution in [0.3, 0.4) is 0 Å². The Balaban J connectivity index is 0.976. The first-order valence-corrected chi connectivity index (χ1v) is 21.9. The van der Waals surface area contributed by atoms with E-state index < -0.39 is 59.6 Å². The predicted molar refractivity (Wildman–Crippen MR) is 242 cm³/mol. The van der Waals surface area contributed by atoms with Crippen molar-refractivity contribution < 1.29 is 52.9 Å². The Morgan fingerprint density at radius 1 is 0.910 bits per heavy atom. The molecule has 0 bridgehead atoms. The van der Waals surface area contributed by atoms with Gasteiger partial charge in [-0.1, -0.05) is 39.8 Å². The van der Waals surface area contributed by atoms with Gasteiger partial charge >= 0.3 is 24.2 Å². The Bertz CT molecular complexity index is 2650. The maximum absolute atomic E-state index is 13.6. The zero-order valence-corrected chi connectivity index (χ0v) is 37.8. The third kappa shape index (κ3) is 11.3. The average Bonchev–Trinajstić information content (AvgIpc) is 3.66. The lowest BCUT2D eigenvalue weighted by Gasteiger charge is -2.31. The average molecular weight is 926 g/mol. The van der Waals surface area contributed by atoms with Crippen LogP contribution < -0.4 is 47.9 Å². The molecule has 7 amide bonds. The first kappa shape index (κ1) is 48.9. The van der Waals surface area contributed by atoms with Gasteiger partial charge in [0.25, 0.3) is 5.56 Å². The number of amides is 7. The van der Waals surface area contributed by atoms with E-state index >= 15 is 0 Å². The van der Waals surface area contributed by atoms with Crippen molar-refractivity contribution in [3.63, 3.8) is 0 Å². The predicted octanol–water partition coefficient (Wildman–Crippen LogP) is 2.69. The van der Waals surface area contributed by atoms with E-state index in [1.807, 2.05) is 6.92 Å². The summed E-state index contributed by atoms with van der Waals surface area (Å²) in [6.07, 6.45) is -0.435. The Kier molecular flexibility index (Phi) is 15.5. The number of fused-ring (bicyclic) bond motifs is 5. The van der Waals surface area contributed by atoms with Crippen LogP contribution in [0.1, 0.15) is 81.7 Å². The summed E-state index contributed by atoms with van der Waals surface area (Å²) in [7, 11) is 0. The number of hydrogen-bond acceptors (Lipinski definition) is 13. The van der Waals surface area contributed by atoms with Crippen molar-refractivity contribution in [1.29, 1.82) is 0 Å². The van der Waals surface area contributed by atoms with E-state index in [1.165, 1.54) is 6.92 Å². The van der Waals surface area contributed by atoms with Gasteiger partial charge in [-0.25, -0.2) is 24.2 Å². The molecule has 0 saturated heterocycles. The molecule has 21 nitrogen and oxygen atoms in total. The molecule has 2 aromatic heterocycles. The molecule has 67 heavy (non-hydrogen) atoms. The molecular weight excluding hydrogens is 871 g/mol. The highest BCUT2D eigenvalue weighted by Gasteiger charge is 2.45. The highest BCUT2D eigenvalue weighted by molar-refractivity contribution is 5.98. The fraction of sp³-hybridized carbons (Fsp3) is 0.413. The van der Waals surface area contributed by atoms with E-state index in [1.54, 1.807) is 73.9 Å². The van der Waals surface area contributed by atoms with Crippen molar-refractivity contribution in [1.82, 2.24) is 36.1 Å². The second-order valence-electron chi connectivity index (χ2n) is 16.5. The SMILES string of the molecule is CCc1c2c(nc3ccc(OC(=O)NCCNC(=O)OCc4ccc(NC(=O)[C@H](CCCNC(N)=O)NC(=O)[C@@H](NC(C)=O)C(C)C)cc4)cc13)-c1cc3c(c(=O)n1C2)COC(=O)C3(O)CC. The van der Waals surface area contributed by atoms with Crippen LogP contribution in [0.2, 0.25) is 0 Å². The van der Waals surface area contributed by atoms with E-state index in [0.29, 0.717) is 41.0 Å². The smallest absolute Gasteiger partial charge is 0.412 e. The number of hydrogen-bond donors (Lipinski definition) is 8. The minimum absolute atomic E-state index is 0.0143. The van der Waals surface area contributed by atoms with E-state index in [9.17, 15) is 43.5 Å². The van der Waals surface area contributed by atoms with Gasteiger partial charge in [-0.05, 0) is 79.1 Å². The van der Waals surface area contributed by atoms with E-state index in [0.717, 1.165) is 16.5 Å². The normalized spacial score (nSPS) is 15.5. The molecule has 0 spiro atoms. The van der Waals surface area contributed by atoms with Crippen molar-refractivity contribution in [2.24, 2.45) is 11.7 Å². The fourth-order valence-corrected chi connectivity index (χ4v) is 8.00. The number of carbonyl (C=O) groups is 7. The standard InChI is InChI=1S/C46H55N9O12/c1-6-29-30-19-28(14-15-34(30)53-38-31(29)21-55-36(38)20-33-32(41(55)59)23-65-42(60)46(33,64)7-2)67-45(63)50-18-17-49-44(62)66-22-26-10-12-27(13-11-26)52-39(57)35(9-8-16-48-43(47)61)54-40(58)37(24(3)4)51-25(5)56/h10-15,19-20,24,35,37,64H,6-9,16-18,21-23H2,1-5H3,(H,49,62)(H,50,63)(H,51,56)(H,52,57)(H,54,58)(H3,47,48,61)/t35-,37-,46?/m0/s1. The van der Waals surface area contributed by atoms with Crippen LogP contribution in [0.15, 0.2) is 53.3 Å². The van der Waals surface area contributed by atoms with Crippen LogP contribution in [0, 0.1) is 5.92 Å². The lowest BCUT2D eigenvalue weighted by atomic mass is 9.86. The largest absolute Gasteiger partial charge is 0.458 e. The van der Waals surface area contributed by atoms with Crippen molar-refractivity contribution in [3.05, 3.63) is 86.7 Å². The number of aromatic nitrogens is 2. The number of nitrogens with one attached hydrogen (secondary N) is 6. The van der Waals surface area contributed by atoms with Crippen LogP contribution in [-0.2, 0) is 60.4 Å². The van der Waals surface area contributed by atoms with Gasteiger partial charge < -0.3 is 61.5 Å². The van der Waals surface area contributed by atoms with Crippen molar-refractivity contribution in [3.8, 4) is 17.1 Å². The van der Waals surface area contributed by atoms with Crippen LogP contribution in [0.5, 0.6) is 5.75 Å². The number of esters is 1. The molecule has 2 aromatic carbocycles. The third-order valence-electron chi connectivity index (χ3n) is 11.5. The number of nitrogens with zero attached hydrogens (tertiary/aromatic N) is 2. The Morgan fingerprint density at radius 2 is 1.63 bits per heavy atom. The molecule has 4 heterocycles. The van der Waals surface area contributed by atoms with Gasteiger partial charge in [-0.2, -0.15) is 0 Å². The Morgan fingerprint density at radius 3 is 2.28 bits per heavy atom. The number of urea groups is 1. The third-order valence-corrected chi connectivity index (χ3v) is 11.5. The zero-order chi connectivity index (χ0) is 48.6. The van der Waals surface area contributed by atoms with Gasteiger partial charge in [0.15, 0.2) is 5.60 Å². The number of carbonyl (C=O) groups excluding carboxylic acids is 7. The van der Waals surface area contributed by atoms with E-state index in [2.05, 4.69) is 31.9 Å². The molecule has 21 heteroatoms. The monoisotopic (exact) mass is 925 g/mol. The number of benzene rings is 2. The summed E-state index contributed by atoms with van der Waals surface area (Å²) in [5, 5.41) is 27.5. The molecular formula is C46H55N9O12. The summed E-state index contributed by atoms with van der Waals surface area (Å²) >= 11 is 0. The summed E-state index contributed by atoms with van der Waals surface area (Å²) < 4.78 is 17.6. The maximum Gasteiger partial charge on any atom is 0.412 e. The molecule has 9 N–H and O–H groups in total. The number of cyclic esters (lactones) is 1. The molecule has 356 valence electrons. The van der Waals surface area contributed by atoms with Gasteiger partial charge in [0, 0.05) is 48.8 Å². The number of rotatable bonds is 18. The van der Waals surface area contributed by atoms with Gasteiger partial charge in [-0.15, -0.1) is 0 Å². The highest BCUT2D eigenvalue weighted by atomic mass is 16.6. The van der Waals surface area contributed by atoms with Crippen molar-refractivity contribution >= 4 is 58.5 Å². The molecule has 4 aromatic rings. The molecule has 0 aliphatic carbocycles. The van der Waals surface area contributed by atoms with Crippen LogP contribution in [0.25, 0.3) is 22.3 Å². The summed E-state index contributed by atoms with van der Waals surface area (Å²) in [5.41, 5.74) is 7.65. The number of anilines is 1. The lowest BCUT2D eigenvalue weighted by Crippen LogP contribution is -2.54. The number of nitrogens with two attached hydrogens (primary N) is 1. The lowest BCUT2D eigenvalue weighted by molar-refractivity contribution is -0.172. The first-order valence-electron chi connectivity index (χ1n) is 21.9. The molecule has 2 aliphatic heterocycles. The Hall–Kier alpha value is -7.55. The quantitative estimate of drug-likeness (QED) is 0.0464. The number of aliphatic hydroxyl groups is 1. The van der Waals surface area contributed by atoms with Crippen LogP contribution in [0.4, 0.5) is 20.1 Å². The second-order valence-corrected chi connectivity index (χ2v) is 16.5. The first-order chi connectivity index (χ1) is 31.9. The number of ether oxygens (including phenoxy) is 3. The van der Waals surface area contributed by atoms with E-state index in [4.69, 9.17) is 24.9 Å². The summed E-state index contributed by atoms with van der Waals surface area (Å²) in [4.78, 5) is 105. The maximum atomic E-state index is 13.6. The molecule has 3 atom stereocenters. The minimum atomic E-state index is -1.94. The van der Waals surface area contributed by atoms with Gasteiger partial charge in [-0.3, -0.25) is 19.2 Å². The van der Waals surface area contributed by atoms with Gasteiger partial charge in [0.05, 0.1) is 29.0 Å². The van der Waals surface area contributed by atoms with Crippen LogP contribution >= 0.6 is 0 Å².